The predicted octanol–water partition coefficient (Wildman–Crippen LogP) is 3.75. The highest BCUT2D eigenvalue weighted by atomic mass is 127. The van der Waals surface area contributed by atoms with Crippen molar-refractivity contribution in [1.29, 1.82) is 0 Å². The van der Waals surface area contributed by atoms with Gasteiger partial charge in [0.2, 0.25) is 0 Å². The first-order chi connectivity index (χ1) is 9.56. The minimum absolute atomic E-state index is 0.0782. The molecule has 0 amide bonds. The molecule has 3 aliphatic heterocycles. The molecule has 1 aromatic rings. The first kappa shape index (κ1) is 15.7. The fraction of sp³-hybridized carbons (Fsp3) is 0.500. The van der Waals surface area contributed by atoms with Crippen molar-refractivity contribution in [3.63, 3.8) is 0 Å². The van der Waals surface area contributed by atoms with E-state index in [-0.39, 0.29) is 12.1 Å². The summed E-state index contributed by atoms with van der Waals surface area (Å²) in [5.74, 6) is 0.401. The standard InChI is InChI=1S/C14H14I3NO2/c15-9-1-2-10(16)13(17)12(9)14(19)20-11-7-18-5-3-8(11)4-6-18/h1-2,8,11H,3-7H2. The van der Waals surface area contributed by atoms with E-state index in [1.54, 1.807) is 0 Å². The average molecular weight is 609 g/mol. The van der Waals surface area contributed by atoms with E-state index in [9.17, 15) is 4.79 Å². The van der Waals surface area contributed by atoms with Gasteiger partial charge in [-0.2, -0.15) is 0 Å². The van der Waals surface area contributed by atoms with Crippen LogP contribution in [-0.4, -0.2) is 36.6 Å². The van der Waals surface area contributed by atoms with Gasteiger partial charge in [-0.1, -0.05) is 0 Å². The molecule has 0 spiro atoms. The molecule has 4 rings (SSSR count). The first-order valence-electron chi connectivity index (χ1n) is 6.63. The smallest absolute Gasteiger partial charge is 0.340 e. The highest BCUT2D eigenvalue weighted by Crippen LogP contribution is 2.31. The number of carbonyl (C=O) groups excluding carboxylic acids is 1. The molecular weight excluding hydrogens is 595 g/mol. The summed E-state index contributed by atoms with van der Waals surface area (Å²) in [5, 5.41) is 0. The Bertz CT molecular complexity index is 541. The SMILES string of the molecule is O=C(OC1CN2CCC1CC2)c1c(I)ccc(I)c1I. The van der Waals surface area contributed by atoms with Gasteiger partial charge in [0, 0.05) is 17.3 Å². The largest absolute Gasteiger partial charge is 0.457 e. The van der Waals surface area contributed by atoms with Crippen LogP contribution in [-0.2, 0) is 4.74 Å². The molecule has 0 aromatic heterocycles. The maximum absolute atomic E-state index is 12.5. The zero-order valence-corrected chi connectivity index (χ0v) is 17.2. The van der Waals surface area contributed by atoms with Gasteiger partial charge in [0.1, 0.15) is 6.10 Å². The van der Waals surface area contributed by atoms with E-state index < -0.39 is 0 Å². The Labute approximate surface area is 159 Å². The average Bonchev–Trinajstić information content (AvgIpc) is 2.45. The second-order valence-corrected chi connectivity index (χ2v) is 8.70. The lowest BCUT2D eigenvalue weighted by molar-refractivity contribution is -0.0457. The van der Waals surface area contributed by atoms with Gasteiger partial charge >= 0.3 is 5.97 Å². The lowest BCUT2D eigenvalue weighted by Gasteiger charge is -2.43. The highest BCUT2D eigenvalue weighted by molar-refractivity contribution is 14.1. The van der Waals surface area contributed by atoms with Gasteiger partial charge in [-0.25, -0.2) is 4.79 Å². The molecule has 1 atom stereocenters. The Hall–Kier alpha value is 0.840. The van der Waals surface area contributed by atoms with Crippen LogP contribution in [0.1, 0.15) is 23.2 Å². The van der Waals surface area contributed by atoms with E-state index >= 15 is 0 Å². The molecule has 2 bridgehead atoms. The molecule has 0 radical (unpaired) electrons. The summed E-state index contributed by atoms with van der Waals surface area (Å²) in [6, 6.07) is 4.02. The Balaban J connectivity index is 1.79. The van der Waals surface area contributed by atoms with Gasteiger partial charge in [-0.15, -0.1) is 0 Å². The first-order valence-corrected chi connectivity index (χ1v) is 9.86. The topological polar surface area (TPSA) is 29.5 Å². The molecule has 1 aromatic carbocycles. The van der Waals surface area contributed by atoms with E-state index in [0.29, 0.717) is 5.92 Å². The van der Waals surface area contributed by atoms with Crippen molar-refractivity contribution in [3.8, 4) is 0 Å². The number of carbonyl (C=O) groups is 1. The Morgan fingerprint density at radius 2 is 1.80 bits per heavy atom. The van der Waals surface area contributed by atoms with Crippen LogP contribution in [0, 0.1) is 16.6 Å². The van der Waals surface area contributed by atoms with Crippen LogP contribution in [0.5, 0.6) is 0 Å². The van der Waals surface area contributed by atoms with Crippen LogP contribution in [0.4, 0.5) is 0 Å². The quantitative estimate of drug-likeness (QED) is 0.291. The normalized spacial score (nSPS) is 28.4. The summed E-state index contributed by atoms with van der Waals surface area (Å²) in [6.45, 7) is 3.24. The summed E-state index contributed by atoms with van der Waals surface area (Å²) in [7, 11) is 0. The molecular formula is C14H14I3NO2. The number of benzene rings is 1. The fourth-order valence-electron chi connectivity index (χ4n) is 2.95. The van der Waals surface area contributed by atoms with Gasteiger partial charge < -0.3 is 4.74 Å². The summed E-state index contributed by atoms with van der Waals surface area (Å²) in [6.07, 6.45) is 2.41. The third kappa shape index (κ3) is 3.12. The van der Waals surface area contributed by atoms with E-state index in [0.717, 1.165) is 35.9 Å². The van der Waals surface area contributed by atoms with E-state index in [4.69, 9.17) is 4.74 Å². The lowest BCUT2D eigenvalue weighted by atomic mass is 9.86. The molecule has 3 aliphatic rings. The fourth-order valence-corrected chi connectivity index (χ4v) is 5.28. The molecule has 108 valence electrons. The molecule has 1 unspecified atom stereocenters. The second-order valence-electron chi connectivity index (χ2n) is 5.30. The number of nitrogens with zero attached hydrogens (tertiary/aromatic N) is 1. The Morgan fingerprint density at radius 1 is 1.15 bits per heavy atom. The number of rotatable bonds is 2. The van der Waals surface area contributed by atoms with Gasteiger partial charge in [0.15, 0.2) is 0 Å². The van der Waals surface area contributed by atoms with Crippen molar-refractivity contribution in [1.82, 2.24) is 4.90 Å². The monoisotopic (exact) mass is 609 g/mol. The van der Waals surface area contributed by atoms with Crippen LogP contribution in [0.15, 0.2) is 12.1 Å². The van der Waals surface area contributed by atoms with E-state index in [2.05, 4.69) is 72.7 Å². The molecule has 0 saturated carbocycles. The molecule has 0 N–H and O–H groups in total. The van der Waals surface area contributed by atoms with Crippen molar-refractivity contribution in [2.75, 3.05) is 19.6 Å². The third-order valence-electron chi connectivity index (χ3n) is 4.10. The van der Waals surface area contributed by atoms with E-state index in [1.165, 1.54) is 12.8 Å². The summed E-state index contributed by atoms with van der Waals surface area (Å²) < 4.78 is 8.91. The van der Waals surface area contributed by atoms with Crippen LogP contribution in [0.25, 0.3) is 0 Å². The summed E-state index contributed by atoms with van der Waals surface area (Å²) in [5.41, 5.74) is 0.731. The second kappa shape index (κ2) is 6.53. The highest BCUT2D eigenvalue weighted by Gasteiger charge is 2.37. The van der Waals surface area contributed by atoms with Crippen LogP contribution >= 0.6 is 67.8 Å². The van der Waals surface area contributed by atoms with Crippen molar-refractivity contribution >= 4 is 73.7 Å². The lowest BCUT2D eigenvalue weighted by Crippen LogP contribution is -2.52. The van der Waals surface area contributed by atoms with Gasteiger partial charge in [-0.05, 0) is 112 Å². The number of halogens is 3. The third-order valence-corrected chi connectivity index (χ3v) is 8.05. The maximum Gasteiger partial charge on any atom is 0.340 e. The van der Waals surface area contributed by atoms with Crippen LogP contribution in [0.2, 0.25) is 0 Å². The number of esters is 1. The van der Waals surface area contributed by atoms with Crippen molar-refractivity contribution in [2.24, 2.45) is 5.92 Å². The molecule has 20 heavy (non-hydrogen) atoms. The molecule has 3 fully saturated rings. The number of hydrogen-bond donors (Lipinski definition) is 0. The van der Waals surface area contributed by atoms with Crippen molar-refractivity contribution in [2.45, 2.75) is 18.9 Å². The zero-order chi connectivity index (χ0) is 14.3. The summed E-state index contributed by atoms with van der Waals surface area (Å²) >= 11 is 6.72. The van der Waals surface area contributed by atoms with Gasteiger partial charge in [0.25, 0.3) is 0 Å². The summed E-state index contributed by atoms with van der Waals surface area (Å²) in [4.78, 5) is 14.9. The minimum Gasteiger partial charge on any atom is -0.457 e. The predicted molar refractivity (Wildman–Crippen MR) is 103 cm³/mol. The maximum atomic E-state index is 12.5. The molecule has 6 heteroatoms. The van der Waals surface area contributed by atoms with Crippen molar-refractivity contribution in [3.05, 3.63) is 28.4 Å². The Kier molecular flexibility index (Phi) is 5.13. The molecule has 3 saturated heterocycles. The number of hydrogen-bond acceptors (Lipinski definition) is 3. The zero-order valence-electron chi connectivity index (χ0n) is 10.7. The van der Waals surface area contributed by atoms with Crippen LogP contribution < -0.4 is 0 Å². The van der Waals surface area contributed by atoms with Gasteiger partial charge in [0.05, 0.1) is 5.56 Å². The molecule has 3 heterocycles. The Morgan fingerprint density at radius 3 is 2.40 bits per heavy atom. The molecule has 3 nitrogen and oxygen atoms in total. The minimum atomic E-state index is -0.156. The van der Waals surface area contributed by atoms with Crippen LogP contribution in [0.3, 0.4) is 0 Å². The number of fused-ring (bicyclic) bond motifs is 3. The number of ether oxygens (including phenoxy) is 1. The number of piperidine rings is 3. The van der Waals surface area contributed by atoms with E-state index in [1.807, 2.05) is 12.1 Å². The van der Waals surface area contributed by atoms with Crippen molar-refractivity contribution < 1.29 is 9.53 Å². The molecule has 0 aliphatic carbocycles. The van der Waals surface area contributed by atoms with Gasteiger partial charge in [-0.3, -0.25) is 4.90 Å².